The van der Waals surface area contributed by atoms with E-state index in [9.17, 15) is 18.0 Å². The first-order chi connectivity index (χ1) is 8.43. The molecule has 3 N–H and O–H groups in total. The second kappa shape index (κ2) is 6.75. The molecule has 1 aromatic rings. The van der Waals surface area contributed by atoms with Crippen LogP contribution in [0.3, 0.4) is 0 Å². The van der Waals surface area contributed by atoms with E-state index >= 15 is 0 Å². The van der Waals surface area contributed by atoms with Gasteiger partial charge in [0.2, 0.25) is 5.91 Å². The van der Waals surface area contributed by atoms with Gasteiger partial charge in [-0.15, -0.1) is 0 Å². The minimum Gasteiger partial charge on any atom is -0.352 e. The molecule has 0 aliphatic heterocycles. The van der Waals surface area contributed by atoms with Crippen molar-refractivity contribution in [1.82, 2.24) is 5.32 Å². The van der Waals surface area contributed by atoms with E-state index in [2.05, 4.69) is 5.32 Å². The molecule has 7 heteroatoms. The molecule has 0 aromatic carbocycles. The van der Waals surface area contributed by atoms with Crippen LogP contribution in [0.1, 0.15) is 18.4 Å². The SMILES string of the molecule is NCCC(CC(=O)NCc1ccsc1)C(F)(F)F. The normalized spacial score (nSPS) is 13.3. The van der Waals surface area contributed by atoms with Crippen LogP contribution in [-0.4, -0.2) is 18.6 Å². The summed E-state index contributed by atoms with van der Waals surface area (Å²) in [6.07, 6.45) is -5.17. The predicted molar refractivity (Wildman–Crippen MR) is 64.0 cm³/mol. The van der Waals surface area contributed by atoms with Gasteiger partial charge in [0.1, 0.15) is 0 Å². The summed E-state index contributed by atoms with van der Waals surface area (Å²) in [6, 6.07) is 1.81. The molecule has 0 fully saturated rings. The van der Waals surface area contributed by atoms with Crippen LogP contribution in [0, 0.1) is 5.92 Å². The summed E-state index contributed by atoms with van der Waals surface area (Å²) < 4.78 is 37.6. The fourth-order valence-corrected chi connectivity index (χ4v) is 2.14. The number of rotatable bonds is 6. The molecule has 0 aliphatic carbocycles. The van der Waals surface area contributed by atoms with Crippen molar-refractivity contribution < 1.29 is 18.0 Å². The van der Waals surface area contributed by atoms with Crippen LogP contribution in [-0.2, 0) is 11.3 Å². The molecule has 102 valence electrons. The van der Waals surface area contributed by atoms with Crippen molar-refractivity contribution in [3.8, 4) is 0 Å². The summed E-state index contributed by atoms with van der Waals surface area (Å²) in [6.45, 7) is 0.178. The Morgan fingerprint density at radius 2 is 2.22 bits per heavy atom. The highest BCUT2D eigenvalue weighted by atomic mass is 32.1. The van der Waals surface area contributed by atoms with Crippen molar-refractivity contribution >= 4 is 17.2 Å². The number of thiophene rings is 1. The summed E-state index contributed by atoms with van der Waals surface area (Å²) >= 11 is 1.47. The number of nitrogens with one attached hydrogen (secondary N) is 1. The van der Waals surface area contributed by atoms with Crippen LogP contribution in [0.5, 0.6) is 0 Å². The van der Waals surface area contributed by atoms with Crippen LogP contribution in [0.2, 0.25) is 0 Å². The zero-order valence-corrected chi connectivity index (χ0v) is 10.5. The van der Waals surface area contributed by atoms with E-state index in [-0.39, 0.29) is 19.5 Å². The van der Waals surface area contributed by atoms with Crippen LogP contribution in [0.4, 0.5) is 13.2 Å². The van der Waals surface area contributed by atoms with Crippen LogP contribution >= 0.6 is 11.3 Å². The van der Waals surface area contributed by atoms with Gasteiger partial charge in [-0.2, -0.15) is 24.5 Å². The van der Waals surface area contributed by atoms with E-state index in [0.29, 0.717) is 0 Å². The molecule has 3 nitrogen and oxygen atoms in total. The fourth-order valence-electron chi connectivity index (χ4n) is 1.47. The second-order valence-electron chi connectivity index (χ2n) is 3.93. The summed E-state index contributed by atoms with van der Waals surface area (Å²) in [4.78, 5) is 11.4. The highest BCUT2D eigenvalue weighted by molar-refractivity contribution is 7.07. The van der Waals surface area contributed by atoms with Crippen LogP contribution in [0.25, 0.3) is 0 Å². The number of amides is 1. The molecule has 1 unspecified atom stereocenters. The first kappa shape index (κ1) is 15.0. The van der Waals surface area contributed by atoms with E-state index < -0.39 is 24.4 Å². The first-order valence-corrected chi connectivity index (χ1v) is 6.42. The maximum atomic E-state index is 12.5. The molecule has 0 saturated carbocycles. The molecule has 1 aromatic heterocycles. The minimum absolute atomic E-state index is 0.0814. The average Bonchev–Trinajstić information content (AvgIpc) is 2.77. The molecule has 0 saturated heterocycles. The van der Waals surface area contributed by atoms with Crippen molar-refractivity contribution in [1.29, 1.82) is 0 Å². The van der Waals surface area contributed by atoms with Crippen molar-refractivity contribution in [2.45, 2.75) is 25.6 Å². The third-order valence-corrected chi connectivity index (χ3v) is 3.21. The molecule has 0 radical (unpaired) electrons. The van der Waals surface area contributed by atoms with E-state index in [1.807, 2.05) is 16.8 Å². The van der Waals surface area contributed by atoms with Gasteiger partial charge in [-0.1, -0.05) is 0 Å². The Labute approximate surface area is 107 Å². The molecule has 1 amide bonds. The molecular weight excluding hydrogens is 265 g/mol. The van der Waals surface area contributed by atoms with Crippen molar-refractivity contribution in [2.24, 2.45) is 11.7 Å². The topological polar surface area (TPSA) is 55.1 Å². The largest absolute Gasteiger partial charge is 0.392 e. The molecule has 1 rings (SSSR count). The second-order valence-corrected chi connectivity index (χ2v) is 4.71. The third-order valence-electron chi connectivity index (χ3n) is 2.48. The minimum atomic E-state index is -4.38. The van der Waals surface area contributed by atoms with Gasteiger partial charge >= 0.3 is 6.18 Å². The summed E-state index contributed by atoms with van der Waals surface area (Å²) in [5.41, 5.74) is 6.01. The lowest BCUT2D eigenvalue weighted by molar-refractivity contribution is -0.180. The van der Waals surface area contributed by atoms with Gasteiger partial charge in [0.05, 0.1) is 5.92 Å². The Bertz CT molecular complexity index is 365. The Balaban J connectivity index is 2.41. The molecular formula is C11H15F3N2OS. The predicted octanol–water partition coefficient (Wildman–Crippen LogP) is 2.28. The number of hydrogen-bond acceptors (Lipinski definition) is 3. The van der Waals surface area contributed by atoms with Crippen LogP contribution in [0.15, 0.2) is 16.8 Å². The third kappa shape index (κ3) is 5.05. The smallest absolute Gasteiger partial charge is 0.352 e. The molecule has 18 heavy (non-hydrogen) atoms. The Morgan fingerprint density at radius 3 is 2.72 bits per heavy atom. The van der Waals surface area contributed by atoms with E-state index in [1.165, 1.54) is 11.3 Å². The Hall–Kier alpha value is -1.08. The number of carbonyl (C=O) groups is 1. The standard InChI is InChI=1S/C11H15F3N2OS/c12-11(13,14)9(1-3-15)5-10(17)16-6-8-2-4-18-7-8/h2,4,7,9H,1,3,5-6,15H2,(H,16,17). The molecule has 1 heterocycles. The maximum Gasteiger partial charge on any atom is 0.392 e. The van der Waals surface area contributed by atoms with Gasteiger partial charge in [0, 0.05) is 13.0 Å². The van der Waals surface area contributed by atoms with Gasteiger partial charge in [-0.05, 0) is 35.4 Å². The lowest BCUT2D eigenvalue weighted by Crippen LogP contribution is -2.32. The average molecular weight is 280 g/mol. The first-order valence-electron chi connectivity index (χ1n) is 5.48. The van der Waals surface area contributed by atoms with Gasteiger partial charge in [-0.3, -0.25) is 4.79 Å². The lowest BCUT2D eigenvalue weighted by Gasteiger charge is -2.18. The van der Waals surface area contributed by atoms with Crippen molar-refractivity contribution in [2.75, 3.05) is 6.54 Å². The monoisotopic (exact) mass is 280 g/mol. The number of hydrogen-bond donors (Lipinski definition) is 2. The molecule has 0 bridgehead atoms. The summed E-state index contributed by atoms with van der Waals surface area (Å²) in [5, 5.41) is 6.15. The summed E-state index contributed by atoms with van der Waals surface area (Å²) in [7, 11) is 0. The number of alkyl halides is 3. The zero-order valence-electron chi connectivity index (χ0n) is 9.67. The van der Waals surface area contributed by atoms with E-state index in [0.717, 1.165) is 5.56 Å². The summed E-state index contributed by atoms with van der Waals surface area (Å²) in [5.74, 6) is -2.26. The quantitative estimate of drug-likeness (QED) is 0.840. The van der Waals surface area contributed by atoms with Gasteiger partial charge in [0.25, 0.3) is 0 Å². The maximum absolute atomic E-state index is 12.5. The van der Waals surface area contributed by atoms with Gasteiger partial charge < -0.3 is 11.1 Å². The molecule has 0 aliphatic rings. The molecule has 0 spiro atoms. The Morgan fingerprint density at radius 1 is 1.50 bits per heavy atom. The van der Waals surface area contributed by atoms with Crippen molar-refractivity contribution in [3.63, 3.8) is 0 Å². The van der Waals surface area contributed by atoms with Crippen molar-refractivity contribution in [3.05, 3.63) is 22.4 Å². The number of carbonyl (C=O) groups excluding carboxylic acids is 1. The fraction of sp³-hybridized carbons (Fsp3) is 0.545. The highest BCUT2D eigenvalue weighted by Crippen LogP contribution is 2.31. The van der Waals surface area contributed by atoms with Gasteiger partial charge in [0.15, 0.2) is 0 Å². The highest BCUT2D eigenvalue weighted by Gasteiger charge is 2.39. The zero-order chi connectivity index (χ0) is 13.6. The number of nitrogens with two attached hydrogens (primary N) is 1. The van der Waals surface area contributed by atoms with E-state index in [1.54, 1.807) is 0 Å². The molecule has 1 atom stereocenters. The van der Waals surface area contributed by atoms with E-state index in [4.69, 9.17) is 5.73 Å². The van der Waals surface area contributed by atoms with Crippen LogP contribution < -0.4 is 11.1 Å². The lowest BCUT2D eigenvalue weighted by atomic mass is 10.0. The Kier molecular flexibility index (Phi) is 5.61. The number of halogens is 3. The van der Waals surface area contributed by atoms with Gasteiger partial charge in [-0.25, -0.2) is 0 Å².